The molecule has 2 atom stereocenters. The van der Waals surface area contributed by atoms with Gasteiger partial charge in [0.1, 0.15) is 0 Å². The Hall–Kier alpha value is -1.98. The van der Waals surface area contributed by atoms with Gasteiger partial charge in [-0.3, -0.25) is 0 Å². The molecule has 0 spiro atoms. The molecule has 0 saturated heterocycles. The van der Waals surface area contributed by atoms with Gasteiger partial charge >= 0.3 is 210 Å². The van der Waals surface area contributed by atoms with Crippen LogP contribution in [-0.2, 0) is 20.4 Å². The molecule has 36 heavy (non-hydrogen) atoms. The number of hydrogen-bond acceptors (Lipinski definition) is 2. The summed E-state index contributed by atoms with van der Waals surface area (Å²) < 4.78 is 5.51. The zero-order valence-electron chi connectivity index (χ0n) is 20.8. The van der Waals surface area contributed by atoms with Gasteiger partial charge < -0.3 is 24.8 Å². The standard InChI is InChI=1S/2C13H11N2.C2H6Si.2ClH.Zr/c2*1-10-6-11-2-3-13(8-12(11)7-10)15-5-4-14-9-15;1-3-2;;;/h2*2-9H,1H3;1-2H3;2*1H;/q;;;;;+2/p-2. The van der Waals surface area contributed by atoms with Crippen LogP contribution < -0.4 is 24.8 Å². The van der Waals surface area contributed by atoms with Crippen molar-refractivity contribution in [2.75, 3.05) is 0 Å². The van der Waals surface area contributed by atoms with Crippen molar-refractivity contribution in [3.63, 3.8) is 0 Å². The molecule has 2 aromatic heterocycles. The summed E-state index contributed by atoms with van der Waals surface area (Å²) in [5, 5.41) is 0. The van der Waals surface area contributed by atoms with Crippen LogP contribution in [0.2, 0.25) is 13.1 Å². The quantitative estimate of drug-likeness (QED) is 0.317. The molecule has 2 heterocycles. The van der Waals surface area contributed by atoms with Crippen LogP contribution in [0.4, 0.5) is 0 Å². The molecule has 4 aromatic rings. The Morgan fingerprint density at radius 3 is 1.53 bits per heavy atom. The third kappa shape index (κ3) is 4.58. The van der Waals surface area contributed by atoms with Crippen molar-refractivity contribution in [1.29, 1.82) is 0 Å². The van der Waals surface area contributed by atoms with E-state index in [1.165, 1.54) is 22.5 Å². The molecule has 182 valence electrons. The Kier molecular flexibility index (Phi) is 8.11. The van der Waals surface area contributed by atoms with Gasteiger partial charge in [-0.15, -0.1) is 0 Å². The van der Waals surface area contributed by atoms with Gasteiger partial charge in [0.05, 0.1) is 0 Å². The molecule has 0 unspecified atom stereocenters. The third-order valence-corrected chi connectivity index (χ3v) is 27.2. The second-order valence-electron chi connectivity index (χ2n) is 9.66. The average molecular weight is 611 g/mol. The Bertz CT molecular complexity index is 1390. The first kappa shape index (κ1) is 27.1. The van der Waals surface area contributed by atoms with E-state index in [0.29, 0.717) is 7.25 Å². The normalized spacial score (nSPS) is 17.1. The number of imidazole rings is 2. The number of aromatic nitrogens is 4. The fraction of sp³-hybridized carbons (Fsp3) is 0.214. The number of halogens is 2. The van der Waals surface area contributed by atoms with Crippen molar-refractivity contribution in [3.8, 4) is 11.4 Å². The van der Waals surface area contributed by atoms with E-state index >= 15 is 0 Å². The Labute approximate surface area is 233 Å². The molecule has 2 aliphatic rings. The van der Waals surface area contributed by atoms with E-state index < -0.39 is 25.8 Å². The average Bonchev–Trinajstić information content (AvgIpc) is 3.61. The molecule has 0 aliphatic heterocycles. The fourth-order valence-electron chi connectivity index (χ4n) is 5.75. The first-order valence-electron chi connectivity index (χ1n) is 11.8. The fourth-order valence-corrected chi connectivity index (χ4v) is 26.5. The van der Waals surface area contributed by atoms with E-state index in [1.54, 1.807) is 22.3 Å². The van der Waals surface area contributed by atoms with Gasteiger partial charge in [0.15, 0.2) is 0 Å². The van der Waals surface area contributed by atoms with Crippen molar-refractivity contribution in [3.05, 3.63) is 107 Å². The first-order chi connectivity index (χ1) is 16.5. The van der Waals surface area contributed by atoms with Gasteiger partial charge in [0, 0.05) is 0 Å². The first-order valence-corrected chi connectivity index (χ1v) is 20.8. The summed E-state index contributed by atoms with van der Waals surface area (Å²) in [6, 6.07) is 14.0. The number of rotatable bonds is 4. The summed E-state index contributed by atoms with van der Waals surface area (Å²) in [6.45, 7) is 9.92. The summed E-state index contributed by atoms with van der Waals surface area (Å²) >= 11 is -2.06. The van der Waals surface area contributed by atoms with Crippen molar-refractivity contribution in [2.24, 2.45) is 0 Å². The molecule has 2 aromatic carbocycles. The minimum atomic E-state index is -2.06. The van der Waals surface area contributed by atoms with Crippen molar-refractivity contribution in [2.45, 2.75) is 34.2 Å². The summed E-state index contributed by atoms with van der Waals surface area (Å²) in [6.07, 6.45) is 16.5. The number of allylic oxidation sites excluding steroid dienone is 2. The van der Waals surface area contributed by atoms with Crippen LogP contribution in [0.5, 0.6) is 0 Å². The molecule has 4 nitrogen and oxygen atoms in total. The van der Waals surface area contributed by atoms with Gasteiger partial charge in [-0.1, -0.05) is 0 Å². The molecule has 0 bridgehead atoms. The molecule has 6 rings (SSSR count). The predicted molar refractivity (Wildman–Crippen MR) is 137 cm³/mol. The van der Waals surface area contributed by atoms with Crippen molar-refractivity contribution < 1.29 is 45.2 Å². The maximum atomic E-state index is 4.27. The van der Waals surface area contributed by atoms with Crippen LogP contribution >= 0.6 is 0 Å². The number of fused-ring (bicyclic) bond motifs is 2. The summed E-state index contributed by atoms with van der Waals surface area (Å²) in [5.74, 6) is 0. The van der Waals surface area contributed by atoms with Gasteiger partial charge in [-0.2, -0.15) is 0 Å². The zero-order chi connectivity index (χ0) is 23.4. The molecular formula is C28H28Cl2N4SiZr. The molecule has 8 heteroatoms. The molecular weight excluding hydrogens is 583 g/mol. The van der Waals surface area contributed by atoms with Gasteiger partial charge in [0.25, 0.3) is 0 Å². The minimum absolute atomic E-state index is 0. The second kappa shape index (κ2) is 10.8. The van der Waals surface area contributed by atoms with Crippen LogP contribution in [0, 0.1) is 0 Å². The molecule has 0 fully saturated rings. The SMILES string of the molecule is CC1=Cc2ccc(-n3ccnc3)cc2[C@@H]1[Zr+2]([C@H]1C(C)=Cc2ccc(-n3ccnc3)cc21)=[Si](C)C.[Cl-].[Cl-]. The van der Waals surface area contributed by atoms with Crippen LogP contribution in [0.15, 0.2) is 85.0 Å². The van der Waals surface area contributed by atoms with E-state index in [9.17, 15) is 0 Å². The van der Waals surface area contributed by atoms with Crippen LogP contribution in [0.25, 0.3) is 23.5 Å². The summed E-state index contributed by atoms with van der Waals surface area (Å²) in [7, 11) is 0. The zero-order valence-corrected chi connectivity index (χ0v) is 25.8. The monoisotopic (exact) mass is 608 g/mol. The van der Waals surface area contributed by atoms with E-state index in [2.05, 4.69) is 94.6 Å². The number of hydrogen-bond donors (Lipinski definition) is 0. The molecule has 0 saturated carbocycles. The number of nitrogens with zero attached hydrogens (tertiary/aromatic N) is 4. The topological polar surface area (TPSA) is 35.6 Å². The largest absolute Gasteiger partial charge is 1.00 e. The minimum Gasteiger partial charge on any atom is -1.00 e. The predicted octanol–water partition coefficient (Wildman–Crippen LogP) is 0.552. The summed E-state index contributed by atoms with van der Waals surface area (Å²) in [4.78, 5) is 8.54. The van der Waals surface area contributed by atoms with Gasteiger partial charge in [-0.25, -0.2) is 0 Å². The van der Waals surface area contributed by atoms with E-state index in [1.807, 2.05) is 37.4 Å². The van der Waals surface area contributed by atoms with E-state index in [-0.39, 0.29) is 24.8 Å². The van der Waals surface area contributed by atoms with Crippen LogP contribution in [-0.4, -0.2) is 24.5 Å². The molecule has 0 N–H and O–H groups in total. The Morgan fingerprint density at radius 2 is 1.17 bits per heavy atom. The summed E-state index contributed by atoms with van der Waals surface area (Å²) in [5.41, 5.74) is 11.1. The van der Waals surface area contributed by atoms with Gasteiger partial charge in [-0.05, 0) is 0 Å². The maximum Gasteiger partial charge on any atom is -1.00 e. The van der Waals surface area contributed by atoms with Crippen molar-refractivity contribution in [1.82, 2.24) is 19.1 Å². The Balaban J connectivity index is 0.00000152. The second-order valence-corrected chi connectivity index (χ2v) is 27.5. The van der Waals surface area contributed by atoms with Crippen LogP contribution in [0.1, 0.15) is 43.4 Å². The van der Waals surface area contributed by atoms with E-state index in [4.69, 9.17) is 0 Å². The smallest absolute Gasteiger partial charge is 1.00 e. The Morgan fingerprint density at radius 1 is 0.722 bits per heavy atom. The molecule has 2 aliphatic carbocycles. The van der Waals surface area contributed by atoms with E-state index in [0.717, 1.165) is 0 Å². The van der Waals surface area contributed by atoms with Crippen molar-refractivity contribution >= 4 is 17.6 Å². The maximum absolute atomic E-state index is 4.27. The van der Waals surface area contributed by atoms with Crippen LogP contribution in [0.3, 0.4) is 0 Å². The number of benzene rings is 2. The van der Waals surface area contributed by atoms with Gasteiger partial charge in [0.2, 0.25) is 0 Å². The molecule has 0 radical (unpaired) electrons. The molecule has 0 amide bonds. The third-order valence-electron chi connectivity index (χ3n) is 7.24.